The van der Waals surface area contributed by atoms with Crippen LogP contribution in [0.15, 0.2) is 46.1 Å². The minimum Gasteiger partial charge on any atom is -0.493 e. The maximum absolute atomic E-state index is 12.5. The zero-order valence-corrected chi connectivity index (χ0v) is 18.1. The summed E-state index contributed by atoms with van der Waals surface area (Å²) in [7, 11) is 2.50. The maximum Gasteiger partial charge on any atom is 0.274 e. The number of benzene rings is 2. The number of aromatic nitrogens is 2. The smallest absolute Gasteiger partial charge is 0.274 e. The van der Waals surface area contributed by atoms with Gasteiger partial charge in [-0.2, -0.15) is 5.10 Å². The van der Waals surface area contributed by atoms with Crippen LogP contribution in [0.1, 0.15) is 11.3 Å². The number of nitrogens with one attached hydrogen (secondary N) is 1. The van der Waals surface area contributed by atoms with Crippen LogP contribution >= 0.6 is 12.4 Å². The zero-order chi connectivity index (χ0) is 20.5. The summed E-state index contributed by atoms with van der Waals surface area (Å²) in [6, 6.07) is 9.90. The summed E-state index contributed by atoms with van der Waals surface area (Å²) in [5.41, 5.74) is 1.29. The van der Waals surface area contributed by atoms with Gasteiger partial charge < -0.3 is 9.47 Å². The van der Waals surface area contributed by atoms with Gasteiger partial charge in [-0.05, 0) is 36.9 Å². The van der Waals surface area contributed by atoms with E-state index in [4.69, 9.17) is 9.47 Å². The summed E-state index contributed by atoms with van der Waals surface area (Å²) in [6.45, 7) is 0. The molecule has 0 saturated carbocycles. The van der Waals surface area contributed by atoms with E-state index in [1.807, 2.05) is 0 Å². The molecule has 0 aliphatic heterocycles. The molecular formula is C19H22ClN3O5S. The van der Waals surface area contributed by atoms with Crippen LogP contribution in [0.3, 0.4) is 0 Å². The van der Waals surface area contributed by atoms with Crippen molar-refractivity contribution in [3.8, 4) is 11.5 Å². The molecule has 0 bridgehead atoms. The van der Waals surface area contributed by atoms with Crippen molar-refractivity contribution in [2.24, 2.45) is 7.05 Å². The molecule has 0 saturated heterocycles. The van der Waals surface area contributed by atoms with Gasteiger partial charge >= 0.3 is 0 Å². The third-order valence-electron chi connectivity index (χ3n) is 4.50. The van der Waals surface area contributed by atoms with E-state index in [1.54, 1.807) is 31.3 Å². The lowest BCUT2D eigenvalue weighted by Crippen LogP contribution is -2.21. The number of rotatable bonds is 6. The van der Waals surface area contributed by atoms with E-state index in [1.165, 1.54) is 38.1 Å². The van der Waals surface area contributed by atoms with Crippen molar-refractivity contribution in [2.75, 3.05) is 21.3 Å². The Hall–Kier alpha value is -2.62. The van der Waals surface area contributed by atoms with Crippen LogP contribution in [0, 0.1) is 0 Å². The number of methoxy groups -OCH3 is 2. The van der Waals surface area contributed by atoms with Gasteiger partial charge in [0.05, 0.1) is 30.2 Å². The monoisotopic (exact) mass is 439 g/mol. The summed E-state index contributed by atoms with van der Waals surface area (Å²) < 4.78 is 38.0. The first-order valence-corrected chi connectivity index (χ1v) is 9.93. The molecule has 0 aliphatic carbocycles. The highest BCUT2D eigenvalue weighted by molar-refractivity contribution is 7.89. The van der Waals surface area contributed by atoms with Crippen LogP contribution in [-0.2, 0) is 23.5 Å². The molecule has 156 valence electrons. The Bertz CT molecular complexity index is 1190. The average Bonchev–Trinajstić information content (AvgIpc) is 2.71. The van der Waals surface area contributed by atoms with Crippen molar-refractivity contribution < 1.29 is 17.9 Å². The van der Waals surface area contributed by atoms with Crippen molar-refractivity contribution in [3.63, 3.8) is 0 Å². The summed E-state index contributed by atoms with van der Waals surface area (Å²) >= 11 is 0. The highest BCUT2D eigenvalue weighted by atomic mass is 35.5. The van der Waals surface area contributed by atoms with Crippen LogP contribution in [0.5, 0.6) is 11.5 Å². The Labute approximate surface area is 174 Å². The third kappa shape index (κ3) is 4.36. The van der Waals surface area contributed by atoms with Gasteiger partial charge in [-0.25, -0.2) is 17.8 Å². The fourth-order valence-corrected chi connectivity index (χ4v) is 3.71. The van der Waals surface area contributed by atoms with Gasteiger partial charge in [0.1, 0.15) is 0 Å². The lowest BCUT2D eigenvalue weighted by atomic mass is 10.0. The summed E-state index contributed by atoms with van der Waals surface area (Å²) in [5, 5.41) is 5.52. The largest absolute Gasteiger partial charge is 0.493 e. The Kier molecular flexibility index (Phi) is 6.89. The number of nitrogens with zero attached hydrogens (tertiary/aromatic N) is 2. The minimum absolute atomic E-state index is 0. The first-order chi connectivity index (χ1) is 13.3. The number of fused-ring (bicyclic) bond motifs is 1. The van der Waals surface area contributed by atoms with Crippen molar-refractivity contribution in [1.82, 2.24) is 14.5 Å². The van der Waals surface area contributed by atoms with Crippen LogP contribution in [0.4, 0.5) is 0 Å². The Morgan fingerprint density at radius 3 is 2.10 bits per heavy atom. The van der Waals surface area contributed by atoms with Gasteiger partial charge in [0.25, 0.3) is 5.56 Å². The molecule has 1 N–H and O–H groups in total. The second kappa shape index (κ2) is 8.81. The van der Waals surface area contributed by atoms with Crippen molar-refractivity contribution >= 4 is 33.2 Å². The number of hydrogen-bond acceptors (Lipinski definition) is 6. The fraction of sp³-hybridized carbons (Fsp3) is 0.263. The Balaban J connectivity index is 0.00000300. The second-order valence-corrected chi connectivity index (χ2v) is 8.04. The molecule has 0 aliphatic rings. The molecular weight excluding hydrogens is 418 g/mol. The lowest BCUT2D eigenvalue weighted by molar-refractivity contribution is 0.355. The van der Waals surface area contributed by atoms with Gasteiger partial charge in [-0.1, -0.05) is 12.1 Å². The van der Waals surface area contributed by atoms with Crippen LogP contribution in [0.2, 0.25) is 0 Å². The van der Waals surface area contributed by atoms with Gasteiger partial charge in [-0.15, -0.1) is 12.4 Å². The predicted molar refractivity (Wildman–Crippen MR) is 113 cm³/mol. The van der Waals surface area contributed by atoms with E-state index in [9.17, 15) is 13.2 Å². The molecule has 0 amide bonds. The molecule has 0 spiro atoms. The van der Waals surface area contributed by atoms with E-state index in [2.05, 4.69) is 9.82 Å². The zero-order valence-electron chi connectivity index (χ0n) is 16.4. The van der Waals surface area contributed by atoms with Crippen LogP contribution in [-0.4, -0.2) is 39.5 Å². The third-order valence-corrected chi connectivity index (χ3v) is 5.93. The standard InChI is InChI=1S/C19H21N3O5S.ClH/c1-20-28(24,25)13-7-5-12(6-8-13)9-16-14-10-17(26-3)18(27-4)11-15(14)19(23)22(2)21-16;/h5-8,10-11,20H,9H2,1-4H3;1H. The minimum atomic E-state index is -3.49. The number of hydrogen-bond donors (Lipinski definition) is 1. The molecule has 0 unspecified atom stereocenters. The van der Waals surface area contributed by atoms with Gasteiger partial charge in [0, 0.05) is 18.9 Å². The first-order valence-electron chi connectivity index (χ1n) is 8.45. The van der Waals surface area contributed by atoms with Crippen molar-refractivity contribution in [3.05, 3.63) is 58.0 Å². The molecule has 0 fully saturated rings. The fourth-order valence-electron chi connectivity index (χ4n) is 2.98. The predicted octanol–water partition coefficient (Wildman–Crippen LogP) is 1.87. The Morgan fingerprint density at radius 2 is 1.59 bits per heavy atom. The normalized spacial score (nSPS) is 11.2. The van der Waals surface area contributed by atoms with E-state index >= 15 is 0 Å². The maximum atomic E-state index is 12.5. The summed E-state index contributed by atoms with van der Waals surface area (Å²) in [5.74, 6) is 0.965. The molecule has 3 rings (SSSR count). The SMILES string of the molecule is CNS(=O)(=O)c1ccc(Cc2nn(C)c(=O)c3cc(OC)c(OC)cc23)cc1.Cl. The van der Waals surface area contributed by atoms with E-state index in [-0.39, 0.29) is 22.9 Å². The highest BCUT2D eigenvalue weighted by Crippen LogP contribution is 2.32. The molecule has 1 heterocycles. The highest BCUT2D eigenvalue weighted by Gasteiger charge is 2.16. The van der Waals surface area contributed by atoms with E-state index in [0.29, 0.717) is 34.4 Å². The number of ether oxygens (including phenoxy) is 2. The molecule has 29 heavy (non-hydrogen) atoms. The Morgan fingerprint density at radius 1 is 1.03 bits per heavy atom. The van der Waals surface area contributed by atoms with Crippen LogP contribution in [0.25, 0.3) is 10.8 Å². The molecule has 2 aromatic carbocycles. The molecule has 8 nitrogen and oxygen atoms in total. The molecule has 0 radical (unpaired) electrons. The number of aryl methyl sites for hydroxylation is 1. The van der Waals surface area contributed by atoms with E-state index in [0.717, 1.165) is 5.56 Å². The summed E-state index contributed by atoms with van der Waals surface area (Å²) in [4.78, 5) is 12.7. The first kappa shape index (κ1) is 22.7. The molecule has 10 heteroatoms. The van der Waals surface area contributed by atoms with Crippen LogP contribution < -0.4 is 19.8 Å². The molecule has 3 aromatic rings. The lowest BCUT2D eigenvalue weighted by Gasteiger charge is -2.13. The topological polar surface area (TPSA) is 99.5 Å². The number of halogens is 1. The van der Waals surface area contributed by atoms with Gasteiger partial charge in [0.15, 0.2) is 11.5 Å². The van der Waals surface area contributed by atoms with E-state index < -0.39 is 10.0 Å². The second-order valence-electron chi connectivity index (χ2n) is 6.16. The van der Waals surface area contributed by atoms with Gasteiger partial charge in [0.2, 0.25) is 10.0 Å². The average molecular weight is 440 g/mol. The molecule has 0 atom stereocenters. The van der Waals surface area contributed by atoms with Gasteiger partial charge in [-0.3, -0.25) is 4.79 Å². The van der Waals surface area contributed by atoms with Crippen molar-refractivity contribution in [1.29, 1.82) is 0 Å². The quantitative estimate of drug-likeness (QED) is 0.629. The number of sulfonamides is 1. The summed E-state index contributed by atoms with van der Waals surface area (Å²) in [6.07, 6.45) is 0.417. The molecule has 1 aromatic heterocycles. The van der Waals surface area contributed by atoms with Crippen molar-refractivity contribution in [2.45, 2.75) is 11.3 Å².